The molecule has 0 aromatic rings. The summed E-state index contributed by atoms with van der Waals surface area (Å²) < 4.78 is 0. The van der Waals surface area contributed by atoms with Crippen molar-refractivity contribution < 1.29 is 4.79 Å². The van der Waals surface area contributed by atoms with Crippen molar-refractivity contribution in [1.29, 1.82) is 0 Å². The van der Waals surface area contributed by atoms with E-state index in [-0.39, 0.29) is 10.1 Å². The number of hydrogen-bond donors (Lipinski definition) is 0. The number of alkyl halides is 1. The Bertz CT molecular complexity index is 136. The van der Waals surface area contributed by atoms with Crippen LogP contribution in [-0.4, -0.2) is 10.1 Å². The van der Waals surface area contributed by atoms with E-state index in [0.717, 1.165) is 25.7 Å². The van der Waals surface area contributed by atoms with E-state index in [1.807, 2.05) is 6.08 Å². The summed E-state index contributed by atoms with van der Waals surface area (Å²) in [5.74, 6) is 0. The number of hydrogen-bond acceptors (Lipinski definition) is 1. The van der Waals surface area contributed by atoms with Crippen LogP contribution < -0.4 is 0 Å². The molecule has 0 rings (SSSR count). The zero-order valence-corrected chi connectivity index (χ0v) is 8.70. The third-order valence-corrected chi connectivity index (χ3v) is 2.76. The van der Waals surface area contributed by atoms with Crippen LogP contribution in [0.1, 0.15) is 25.7 Å². The van der Waals surface area contributed by atoms with Crippen molar-refractivity contribution in [3.05, 3.63) is 12.7 Å². The molecular weight excluding hydrogens is 227 g/mol. The lowest BCUT2D eigenvalue weighted by Gasteiger charge is -2.01. The van der Waals surface area contributed by atoms with E-state index < -0.39 is 0 Å². The summed E-state index contributed by atoms with van der Waals surface area (Å²) in [5.41, 5.74) is 0. The van der Waals surface area contributed by atoms with Crippen LogP contribution in [0.25, 0.3) is 0 Å². The molecule has 0 aliphatic rings. The van der Waals surface area contributed by atoms with Gasteiger partial charge in [-0.25, -0.2) is 0 Å². The van der Waals surface area contributed by atoms with Gasteiger partial charge in [-0.05, 0) is 30.9 Å². The van der Waals surface area contributed by atoms with E-state index in [1.54, 1.807) is 0 Å². The first-order valence-corrected chi connectivity index (χ1v) is 4.92. The summed E-state index contributed by atoms with van der Waals surface area (Å²) in [5, 5.41) is -0.302. The molecule has 0 aliphatic heterocycles. The molecule has 1 unspecified atom stereocenters. The largest absolute Gasteiger partial charge is 0.280 e. The van der Waals surface area contributed by atoms with Gasteiger partial charge in [0.05, 0.1) is 4.83 Å². The fourth-order valence-corrected chi connectivity index (χ4v) is 1.16. The molecule has 0 saturated heterocycles. The average Bonchev–Trinajstić information content (AvgIpc) is 1.97. The Morgan fingerprint density at radius 2 is 2.27 bits per heavy atom. The number of carbonyl (C=O) groups excluding carboxylic acids is 1. The van der Waals surface area contributed by atoms with Crippen molar-refractivity contribution in [3.63, 3.8) is 0 Å². The van der Waals surface area contributed by atoms with Crippen molar-refractivity contribution in [2.75, 3.05) is 0 Å². The number of carbonyl (C=O) groups is 1. The Morgan fingerprint density at radius 1 is 1.64 bits per heavy atom. The highest BCUT2D eigenvalue weighted by atomic mass is 79.9. The summed E-state index contributed by atoms with van der Waals surface area (Å²) in [4.78, 5) is 10.3. The Kier molecular flexibility index (Phi) is 6.98. The van der Waals surface area contributed by atoms with Gasteiger partial charge in [-0.3, -0.25) is 4.79 Å². The van der Waals surface area contributed by atoms with Crippen molar-refractivity contribution in [1.82, 2.24) is 0 Å². The Hall–Kier alpha value is 0.180. The SMILES string of the molecule is C=CCCCCC(Br)C(=O)Cl. The highest BCUT2D eigenvalue weighted by Crippen LogP contribution is 2.13. The molecule has 11 heavy (non-hydrogen) atoms. The van der Waals surface area contributed by atoms with Crippen molar-refractivity contribution in [2.45, 2.75) is 30.5 Å². The summed E-state index contributed by atoms with van der Waals surface area (Å²) in [7, 11) is 0. The van der Waals surface area contributed by atoms with Gasteiger partial charge in [-0.15, -0.1) is 6.58 Å². The molecule has 0 fully saturated rings. The second-order valence-corrected chi connectivity index (χ2v) is 3.82. The van der Waals surface area contributed by atoms with Gasteiger partial charge in [-0.1, -0.05) is 28.4 Å². The average molecular weight is 240 g/mol. The molecule has 0 aliphatic carbocycles. The smallest absolute Gasteiger partial charge is 0.235 e. The number of rotatable bonds is 6. The van der Waals surface area contributed by atoms with Gasteiger partial charge in [0.2, 0.25) is 5.24 Å². The molecule has 0 aromatic carbocycles. The molecule has 1 atom stereocenters. The maximum atomic E-state index is 10.5. The minimum absolute atomic E-state index is 0.172. The predicted molar refractivity (Wildman–Crippen MR) is 52.2 cm³/mol. The molecule has 0 bridgehead atoms. The second kappa shape index (κ2) is 6.86. The highest BCUT2D eigenvalue weighted by molar-refractivity contribution is 9.10. The summed E-state index contributed by atoms with van der Waals surface area (Å²) in [6, 6.07) is 0. The molecule has 0 heterocycles. The number of allylic oxidation sites excluding steroid dienone is 1. The molecule has 0 aromatic heterocycles. The fraction of sp³-hybridized carbons (Fsp3) is 0.625. The minimum atomic E-state index is -0.302. The lowest BCUT2D eigenvalue weighted by molar-refractivity contribution is -0.111. The molecule has 3 heteroatoms. The molecular formula is C8H12BrClO. The monoisotopic (exact) mass is 238 g/mol. The molecule has 0 spiro atoms. The van der Waals surface area contributed by atoms with Crippen LogP contribution in [0.3, 0.4) is 0 Å². The molecule has 0 saturated carbocycles. The van der Waals surface area contributed by atoms with Gasteiger partial charge in [0.25, 0.3) is 0 Å². The zero-order valence-electron chi connectivity index (χ0n) is 6.35. The van der Waals surface area contributed by atoms with Gasteiger partial charge in [0, 0.05) is 0 Å². The molecule has 0 amide bonds. The molecule has 1 nitrogen and oxygen atoms in total. The van der Waals surface area contributed by atoms with Crippen LogP contribution in [0.5, 0.6) is 0 Å². The standard InChI is InChI=1S/C8H12BrClO/c1-2-3-4-5-6-7(9)8(10)11/h2,7H,1,3-6H2. The van der Waals surface area contributed by atoms with E-state index in [2.05, 4.69) is 22.5 Å². The van der Waals surface area contributed by atoms with Crippen LogP contribution in [0.2, 0.25) is 0 Å². The maximum absolute atomic E-state index is 10.5. The first-order valence-electron chi connectivity index (χ1n) is 3.62. The zero-order chi connectivity index (χ0) is 8.69. The summed E-state index contributed by atoms with van der Waals surface area (Å²) in [6.07, 6.45) is 5.80. The Balaban J connectivity index is 3.24. The van der Waals surface area contributed by atoms with E-state index in [0.29, 0.717) is 0 Å². The van der Waals surface area contributed by atoms with Gasteiger partial charge >= 0.3 is 0 Å². The van der Waals surface area contributed by atoms with Crippen molar-refractivity contribution in [3.8, 4) is 0 Å². The maximum Gasteiger partial charge on any atom is 0.235 e. The molecule has 0 N–H and O–H groups in total. The summed E-state index contributed by atoms with van der Waals surface area (Å²) >= 11 is 8.42. The predicted octanol–water partition coefficient (Wildman–Crippen LogP) is 3.26. The fourth-order valence-electron chi connectivity index (χ4n) is 0.726. The van der Waals surface area contributed by atoms with Crippen LogP contribution >= 0.6 is 27.5 Å². The highest BCUT2D eigenvalue weighted by Gasteiger charge is 2.09. The van der Waals surface area contributed by atoms with Gasteiger partial charge in [0.15, 0.2) is 0 Å². The van der Waals surface area contributed by atoms with E-state index in [1.165, 1.54) is 0 Å². The first-order chi connectivity index (χ1) is 5.18. The first kappa shape index (κ1) is 11.2. The van der Waals surface area contributed by atoms with Crippen LogP contribution in [0.15, 0.2) is 12.7 Å². The van der Waals surface area contributed by atoms with E-state index in [9.17, 15) is 4.79 Å². The van der Waals surface area contributed by atoms with E-state index in [4.69, 9.17) is 11.6 Å². The van der Waals surface area contributed by atoms with Crippen LogP contribution in [0, 0.1) is 0 Å². The Morgan fingerprint density at radius 3 is 2.73 bits per heavy atom. The minimum Gasteiger partial charge on any atom is -0.280 e. The van der Waals surface area contributed by atoms with Crippen molar-refractivity contribution in [2.24, 2.45) is 0 Å². The van der Waals surface area contributed by atoms with Gasteiger partial charge in [-0.2, -0.15) is 0 Å². The topological polar surface area (TPSA) is 17.1 Å². The second-order valence-electron chi connectivity index (χ2n) is 2.34. The third-order valence-electron chi connectivity index (χ3n) is 1.36. The summed E-state index contributed by atoms with van der Waals surface area (Å²) in [6.45, 7) is 3.61. The molecule has 0 radical (unpaired) electrons. The van der Waals surface area contributed by atoms with Crippen molar-refractivity contribution >= 4 is 32.8 Å². The number of unbranched alkanes of at least 4 members (excludes halogenated alkanes) is 2. The normalized spacial score (nSPS) is 12.5. The van der Waals surface area contributed by atoms with E-state index >= 15 is 0 Å². The molecule has 64 valence electrons. The Labute approximate surface area is 80.9 Å². The quantitative estimate of drug-likeness (QED) is 0.301. The lowest BCUT2D eigenvalue weighted by atomic mass is 10.1. The van der Waals surface area contributed by atoms with Crippen LogP contribution in [-0.2, 0) is 4.79 Å². The van der Waals surface area contributed by atoms with Gasteiger partial charge < -0.3 is 0 Å². The van der Waals surface area contributed by atoms with Crippen LogP contribution in [0.4, 0.5) is 0 Å². The lowest BCUT2D eigenvalue weighted by Crippen LogP contribution is -2.06. The third kappa shape index (κ3) is 6.57. The van der Waals surface area contributed by atoms with Gasteiger partial charge in [0.1, 0.15) is 0 Å². The number of halogens is 2.